The minimum Gasteiger partial charge on any atom is -0.484 e. The van der Waals surface area contributed by atoms with Crippen LogP contribution in [0.1, 0.15) is 23.1 Å². The van der Waals surface area contributed by atoms with Gasteiger partial charge in [0.15, 0.2) is 6.61 Å². The molecule has 0 unspecified atom stereocenters. The van der Waals surface area contributed by atoms with Crippen LogP contribution in [0.25, 0.3) is 21.9 Å². The van der Waals surface area contributed by atoms with Crippen molar-refractivity contribution in [1.29, 1.82) is 0 Å². The van der Waals surface area contributed by atoms with Crippen molar-refractivity contribution in [3.05, 3.63) is 75.8 Å². The van der Waals surface area contributed by atoms with Crippen molar-refractivity contribution in [2.24, 2.45) is 0 Å². The molecular formula is C25H22N2O6. The summed E-state index contributed by atoms with van der Waals surface area (Å²) in [6.07, 6.45) is 4.39. The summed E-state index contributed by atoms with van der Waals surface area (Å²) in [4.78, 5) is 39.4. The minimum atomic E-state index is -1.13. The summed E-state index contributed by atoms with van der Waals surface area (Å²) in [5.74, 6) is -1.32. The number of fused-ring (bicyclic) bond motifs is 4. The maximum absolute atomic E-state index is 12.4. The lowest BCUT2D eigenvalue weighted by molar-refractivity contribution is -0.142. The Morgan fingerprint density at radius 3 is 2.79 bits per heavy atom. The lowest BCUT2D eigenvalue weighted by Gasteiger charge is -2.15. The van der Waals surface area contributed by atoms with Gasteiger partial charge >= 0.3 is 11.6 Å². The van der Waals surface area contributed by atoms with Crippen LogP contribution in [0.3, 0.4) is 0 Å². The zero-order valence-corrected chi connectivity index (χ0v) is 17.7. The molecule has 2 heterocycles. The number of ether oxygens (including phenoxy) is 1. The number of hydrogen-bond donors (Lipinski definition) is 3. The highest BCUT2D eigenvalue weighted by Gasteiger charge is 2.23. The second-order valence-corrected chi connectivity index (χ2v) is 8.17. The second kappa shape index (κ2) is 8.46. The molecule has 168 valence electrons. The molecule has 0 saturated carbocycles. The van der Waals surface area contributed by atoms with Crippen molar-refractivity contribution in [1.82, 2.24) is 10.3 Å². The minimum absolute atomic E-state index is 0.136. The lowest BCUT2D eigenvalue weighted by atomic mass is 10.1. The number of carbonyl (C=O) groups excluding carboxylic acids is 1. The van der Waals surface area contributed by atoms with E-state index >= 15 is 0 Å². The van der Waals surface area contributed by atoms with Crippen LogP contribution in [-0.4, -0.2) is 34.6 Å². The quantitative estimate of drug-likeness (QED) is 0.375. The van der Waals surface area contributed by atoms with Crippen molar-refractivity contribution in [3.8, 4) is 5.75 Å². The number of aliphatic carboxylic acids is 1. The number of carboxylic acids is 1. The van der Waals surface area contributed by atoms with E-state index in [2.05, 4.69) is 10.3 Å². The molecule has 0 bridgehead atoms. The van der Waals surface area contributed by atoms with E-state index in [-0.39, 0.29) is 18.7 Å². The molecule has 5 rings (SSSR count). The van der Waals surface area contributed by atoms with Gasteiger partial charge in [0, 0.05) is 40.5 Å². The Morgan fingerprint density at radius 1 is 1.12 bits per heavy atom. The number of amides is 1. The maximum Gasteiger partial charge on any atom is 0.339 e. The largest absolute Gasteiger partial charge is 0.484 e. The van der Waals surface area contributed by atoms with Crippen LogP contribution in [0.15, 0.2) is 57.9 Å². The van der Waals surface area contributed by atoms with E-state index in [1.165, 1.54) is 0 Å². The van der Waals surface area contributed by atoms with Gasteiger partial charge in [-0.2, -0.15) is 0 Å². The maximum atomic E-state index is 12.4. The molecule has 1 aliphatic carbocycles. The first kappa shape index (κ1) is 20.8. The summed E-state index contributed by atoms with van der Waals surface area (Å²) < 4.78 is 11.0. The molecule has 8 heteroatoms. The van der Waals surface area contributed by atoms with Gasteiger partial charge in [-0.3, -0.25) is 4.79 Å². The zero-order chi connectivity index (χ0) is 22.9. The van der Waals surface area contributed by atoms with Crippen molar-refractivity contribution in [2.75, 3.05) is 6.61 Å². The van der Waals surface area contributed by atoms with E-state index in [0.29, 0.717) is 11.3 Å². The number of nitrogens with one attached hydrogen (secondary N) is 2. The molecule has 1 amide bonds. The van der Waals surface area contributed by atoms with Crippen LogP contribution in [0, 0.1) is 0 Å². The van der Waals surface area contributed by atoms with Crippen LogP contribution in [0.5, 0.6) is 5.75 Å². The van der Waals surface area contributed by atoms with Gasteiger partial charge in [-0.1, -0.05) is 18.2 Å². The fourth-order valence-corrected chi connectivity index (χ4v) is 4.46. The highest BCUT2D eigenvalue weighted by Crippen LogP contribution is 2.29. The van der Waals surface area contributed by atoms with Crippen molar-refractivity contribution < 1.29 is 23.8 Å². The summed E-state index contributed by atoms with van der Waals surface area (Å²) in [6, 6.07) is 11.6. The Morgan fingerprint density at radius 2 is 1.94 bits per heavy atom. The number of aromatic amines is 1. The average molecular weight is 446 g/mol. The highest BCUT2D eigenvalue weighted by atomic mass is 16.5. The van der Waals surface area contributed by atoms with Gasteiger partial charge in [-0.25, -0.2) is 9.59 Å². The SMILES string of the molecule is O=C(COc1ccc2c3c(c(=O)oc2c1)CCC3)N[C@H](Cc1c[nH]c2ccccc12)C(=O)O. The monoisotopic (exact) mass is 446 g/mol. The summed E-state index contributed by atoms with van der Waals surface area (Å²) in [5, 5.41) is 13.9. The van der Waals surface area contributed by atoms with Crippen molar-refractivity contribution in [2.45, 2.75) is 31.7 Å². The van der Waals surface area contributed by atoms with E-state index in [0.717, 1.165) is 52.2 Å². The third kappa shape index (κ3) is 4.07. The second-order valence-electron chi connectivity index (χ2n) is 8.17. The predicted octanol–water partition coefficient (Wildman–Crippen LogP) is 2.95. The molecule has 0 saturated heterocycles. The molecule has 3 N–H and O–H groups in total. The van der Waals surface area contributed by atoms with Gasteiger partial charge < -0.3 is 24.6 Å². The molecular weight excluding hydrogens is 424 g/mol. The van der Waals surface area contributed by atoms with Gasteiger partial charge in [-0.05, 0) is 48.6 Å². The van der Waals surface area contributed by atoms with Crippen molar-refractivity contribution >= 4 is 33.7 Å². The lowest BCUT2D eigenvalue weighted by Crippen LogP contribution is -2.44. The van der Waals surface area contributed by atoms with Crippen LogP contribution in [0.2, 0.25) is 0 Å². The number of carboxylic acid groups (broad SMARTS) is 1. The number of aryl methyl sites for hydroxylation is 1. The van der Waals surface area contributed by atoms with Gasteiger partial charge in [-0.15, -0.1) is 0 Å². The highest BCUT2D eigenvalue weighted by molar-refractivity contribution is 5.87. The molecule has 0 aliphatic heterocycles. The molecule has 0 fully saturated rings. The molecule has 33 heavy (non-hydrogen) atoms. The van der Waals surface area contributed by atoms with E-state index in [4.69, 9.17) is 9.15 Å². The van der Waals surface area contributed by atoms with Crippen molar-refractivity contribution in [3.63, 3.8) is 0 Å². The van der Waals surface area contributed by atoms with Gasteiger partial charge in [0.1, 0.15) is 17.4 Å². The number of rotatable bonds is 7. The van der Waals surface area contributed by atoms with Gasteiger partial charge in [0.2, 0.25) is 0 Å². The number of benzene rings is 2. The van der Waals surface area contributed by atoms with Crippen LogP contribution < -0.4 is 15.7 Å². The first-order valence-corrected chi connectivity index (χ1v) is 10.8. The normalized spacial score (nSPS) is 13.7. The fourth-order valence-electron chi connectivity index (χ4n) is 4.46. The fraction of sp³-hybridized carbons (Fsp3) is 0.240. The molecule has 0 spiro atoms. The van der Waals surface area contributed by atoms with Gasteiger partial charge in [0.25, 0.3) is 5.91 Å². The van der Waals surface area contributed by atoms with Crippen LogP contribution in [0.4, 0.5) is 0 Å². The zero-order valence-electron chi connectivity index (χ0n) is 17.7. The topological polar surface area (TPSA) is 122 Å². The molecule has 1 atom stereocenters. The van der Waals surface area contributed by atoms with Crippen LogP contribution >= 0.6 is 0 Å². The number of carbonyl (C=O) groups is 2. The van der Waals surface area contributed by atoms with E-state index in [1.54, 1.807) is 18.3 Å². The summed E-state index contributed by atoms with van der Waals surface area (Å²) in [7, 11) is 0. The third-order valence-electron chi connectivity index (χ3n) is 6.05. The Kier molecular flexibility index (Phi) is 5.34. The molecule has 0 radical (unpaired) electrons. The number of aromatic nitrogens is 1. The average Bonchev–Trinajstić information content (AvgIpc) is 3.45. The summed E-state index contributed by atoms with van der Waals surface area (Å²) in [6.45, 7) is -0.363. The molecule has 4 aromatic rings. The summed E-state index contributed by atoms with van der Waals surface area (Å²) >= 11 is 0. The van der Waals surface area contributed by atoms with Gasteiger partial charge in [0.05, 0.1) is 0 Å². The van der Waals surface area contributed by atoms with E-state index in [9.17, 15) is 19.5 Å². The summed E-state index contributed by atoms with van der Waals surface area (Å²) in [5.41, 5.74) is 3.56. The van der Waals surface area contributed by atoms with E-state index < -0.39 is 17.9 Å². The number of hydrogen-bond acceptors (Lipinski definition) is 5. The molecule has 2 aromatic carbocycles. The Bertz CT molecular complexity index is 1430. The number of H-pyrrole nitrogens is 1. The van der Waals surface area contributed by atoms with E-state index in [1.807, 2.05) is 30.3 Å². The Labute approximate surface area is 188 Å². The molecule has 1 aliphatic rings. The Hall–Kier alpha value is -4.07. The Balaban J connectivity index is 1.26. The first-order valence-electron chi connectivity index (χ1n) is 10.8. The number of para-hydroxylation sites is 1. The first-order chi connectivity index (χ1) is 16.0. The predicted molar refractivity (Wildman–Crippen MR) is 122 cm³/mol. The molecule has 2 aromatic heterocycles. The van der Waals surface area contributed by atoms with Crippen LogP contribution in [-0.2, 0) is 28.9 Å². The standard InChI is InChI=1S/C25H22N2O6/c28-23(27-21(24(29)30)10-14-12-26-20-7-2-1-4-16(14)20)13-32-15-8-9-18-17-5-3-6-19(17)25(31)33-22(18)11-15/h1-2,4,7-9,11-12,21,26H,3,5-6,10,13H2,(H,27,28)(H,29,30)/t21-/m1/s1. The third-order valence-corrected chi connectivity index (χ3v) is 6.05. The molecule has 8 nitrogen and oxygen atoms in total. The smallest absolute Gasteiger partial charge is 0.339 e.